The number of ether oxygens (including phenoxy) is 1. The van der Waals surface area contributed by atoms with E-state index in [9.17, 15) is 9.18 Å². The van der Waals surface area contributed by atoms with E-state index in [1.54, 1.807) is 17.0 Å². The summed E-state index contributed by atoms with van der Waals surface area (Å²) >= 11 is 1.45. The van der Waals surface area contributed by atoms with Crippen LogP contribution in [0, 0.1) is 11.2 Å². The van der Waals surface area contributed by atoms with Crippen molar-refractivity contribution in [1.29, 1.82) is 0 Å². The van der Waals surface area contributed by atoms with Crippen LogP contribution in [-0.4, -0.2) is 54.0 Å². The van der Waals surface area contributed by atoms with E-state index in [1.165, 1.54) is 24.5 Å². The van der Waals surface area contributed by atoms with E-state index in [0.29, 0.717) is 5.69 Å². The molecule has 2 fully saturated rings. The van der Waals surface area contributed by atoms with Crippen LogP contribution in [0.3, 0.4) is 0 Å². The molecule has 0 bridgehead atoms. The molecule has 1 spiro atoms. The third-order valence-electron chi connectivity index (χ3n) is 5.12. The smallest absolute Gasteiger partial charge is 0.273 e. The Morgan fingerprint density at radius 1 is 1.40 bits per heavy atom. The third kappa shape index (κ3) is 3.14. The summed E-state index contributed by atoms with van der Waals surface area (Å²) in [4.78, 5) is 20.7. The van der Waals surface area contributed by atoms with E-state index in [1.807, 2.05) is 11.0 Å². The van der Waals surface area contributed by atoms with Crippen LogP contribution >= 0.6 is 11.3 Å². The molecule has 0 aliphatic carbocycles. The first kappa shape index (κ1) is 16.5. The second-order valence-corrected chi connectivity index (χ2v) is 7.68. The average molecular weight is 361 g/mol. The van der Waals surface area contributed by atoms with Crippen LogP contribution in [0.1, 0.15) is 22.5 Å². The summed E-state index contributed by atoms with van der Waals surface area (Å²) in [5.41, 5.74) is 3.38. The van der Waals surface area contributed by atoms with Crippen molar-refractivity contribution in [3.8, 4) is 5.75 Å². The Hall–Kier alpha value is -1.99. The first-order valence-electron chi connectivity index (χ1n) is 8.31. The normalized spacial score (nSPS) is 19.2. The predicted molar refractivity (Wildman–Crippen MR) is 93.3 cm³/mol. The molecule has 1 aromatic heterocycles. The molecule has 7 heteroatoms. The molecule has 2 saturated heterocycles. The van der Waals surface area contributed by atoms with Gasteiger partial charge < -0.3 is 9.64 Å². The molecule has 0 atom stereocenters. The lowest BCUT2D eigenvalue weighted by atomic mass is 9.79. The van der Waals surface area contributed by atoms with Gasteiger partial charge in [-0.3, -0.25) is 9.69 Å². The average Bonchev–Trinajstić information content (AvgIpc) is 3.24. The van der Waals surface area contributed by atoms with Gasteiger partial charge in [-0.25, -0.2) is 9.37 Å². The number of aromatic nitrogens is 1. The number of nitrogens with zero attached hydrogens (tertiary/aromatic N) is 3. The Kier molecular flexibility index (Phi) is 4.21. The van der Waals surface area contributed by atoms with Gasteiger partial charge in [0.05, 0.1) is 12.6 Å². The highest BCUT2D eigenvalue weighted by Gasteiger charge is 2.48. The van der Waals surface area contributed by atoms with Crippen LogP contribution in [0.5, 0.6) is 5.75 Å². The lowest BCUT2D eigenvalue weighted by Gasteiger charge is -2.48. The zero-order valence-corrected chi connectivity index (χ0v) is 14.9. The standard InChI is InChI=1S/C18H20FN3O2S/c1-24-16-3-2-13(6-14(16)19)7-21-9-18(10-21)4-5-22(11-18)17(23)15-8-25-12-20-15/h2-3,6,8,12H,4-5,7,9-11H2,1H3. The Labute approximate surface area is 150 Å². The van der Waals surface area contributed by atoms with Crippen molar-refractivity contribution in [2.45, 2.75) is 13.0 Å². The fourth-order valence-electron chi connectivity index (χ4n) is 3.93. The molecule has 132 valence electrons. The summed E-state index contributed by atoms with van der Waals surface area (Å²) in [5, 5.41) is 1.80. The number of hydrogen-bond donors (Lipinski definition) is 0. The summed E-state index contributed by atoms with van der Waals surface area (Å²) in [7, 11) is 1.47. The van der Waals surface area contributed by atoms with E-state index in [4.69, 9.17) is 4.74 Å². The van der Waals surface area contributed by atoms with Crippen molar-refractivity contribution in [3.05, 3.63) is 46.2 Å². The summed E-state index contributed by atoms with van der Waals surface area (Å²) in [6, 6.07) is 5.11. The number of hydrogen-bond acceptors (Lipinski definition) is 5. The minimum Gasteiger partial charge on any atom is -0.494 e. The predicted octanol–water partition coefficient (Wildman–Crippen LogP) is 2.64. The van der Waals surface area contributed by atoms with Crippen molar-refractivity contribution in [3.63, 3.8) is 0 Å². The van der Waals surface area contributed by atoms with E-state index >= 15 is 0 Å². The fourth-order valence-corrected chi connectivity index (χ4v) is 4.45. The van der Waals surface area contributed by atoms with Crippen LogP contribution < -0.4 is 4.74 Å². The quantitative estimate of drug-likeness (QED) is 0.840. The molecule has 0 radical (unpaired) electrons. The van der Waals surface area contributed by atoms with E-state index in [0.717, 1.165) is 44.7 Å². The number of benzene rings is 1. The second-order valence-electron chi connectivity index (χ2n) is 6.96. The topological polar surface area (TPSA) is 45.7 Å². The van der Waals surface area contributed by atoms with Crippen molar-refractivity contribution >= 4 is 17.2 Å². The fraction of sp³-hybridized carbons (Fsp3) is 0.444. The molecule has 1 amide bonds. The van der Waals surface area contributed by atoms with Gasteiger partial charge in [0.2, 0.25) is 0 Å². The summed E-state index contributed by atoms with van der Waals surface area (Å²) < 4.78 is 18.8. The maximum Gasteiger partial charge on any atom is 0.273 e. The van der Waals surface area contributed by atoms with Crippen molar-refractivity contribution in [2.75, 3.05) is 33.3 Å². The van der Waals surface area contributed by atoms with Crippen LogP contribution in [-0.2, 0) is 6.54 Å². The molecule has 5 nitrogen and oxygen atoms in total. The highest BCUT2D eigenvalue weighted by atomic mass is 32.1. The van der Waals surface area contributed by atoms with E-state index < -0.39 is 0 Å². The summed E-state index contributed by atoms with van der Waals surface area (Å²) in [6.07, 6.45) is 1.02. The highest BCUT2D eigenvalue weighted by Crippen LogP contribution is 2.40. The number of carbonyl (C=O) groups excluding carboxylic acids is 1. The maximum atomic E-state index is 13.8. The van der Waals surface area contributed by atoms with Crippen LogP contribution in [0.4, 0.5) is 4.39 Å². The minimum atomic E-state index is -0.323. The number of methoxy groups -OCH3 is 1. The van der Waals surface area contributed by atoms with Gasteiger partial charge in [-0.05, 0) is 24.1 Å². The molecule has 0 unspecified atom stereocenters. The van der Waals surface area contributed by atoms with Crippen molar-refractivity contribution in [2.24, 2.45) is 5.41 Å². The number of thiazole rings is 1. The van der Waals surface area contributed by atoms with Gasteiger partial charge in [0.1, 0.15) is 5.69 Å². The summed E-state index contributed by atoms with van der Waals surface area (Å²) in [5.74, 6) is -0.0132. The lowest BCUT2D eigenvalue weighted by Crippen LogP contribution is -2.57. The minimum absolute atomic E-state index is 0.0359. The third-order valence-corrected chi connectivity index (χ3v) is 5.70. The van der Waals surface area contributed by atoms with Gasteiger partial charge in [0.25, 0.3) is 5.91 Å². The zero-order chi connectivity index (χ0) is 17.4. The molecule has 25 heavy (non-hydrogen) atoms. The molecule has 4 rings (SSSR count). The van der Waals surface area contributed by atoms with Crippen LogP contribution in [0.25, 0.3) is 0 Å². The van der Waals surface area contributed by atoms with Crippen LogP contribution in [0.2, 0.25) is 0 Å². The highest BCUT2D eigenvalue weighted by molar-refractivity contribution is 7.07. The van der Waals surface area contributed by atoms with Crippen molar-refractivity contribution in [1.82, 2.24) is 14.8 Å². The first-order chi connectivity index (χ1) is 12.1. The molecule has 1 aromatic carbocycles. The van der Waals surface area contributed by atoms with E-state index in [-0.39, 0.29) is 22.9 Å². The first-order valence-corrected chi connectivity index (χ1v) is 9.25. The molecule has 2 aromatic rings. The maximum absolute atomic E-state index is 13.8. The molecule has 3 heterocycles. The van der Waals surface area contributed by atoms with Gasteiger partial charge in [0.15, 0.2) is 11.6 Å². The summed E-state index contributed by atoms with van der Waals surface area (Å²) in [6.45, 7) is 4.20. The molecule has 0 saturated carbocycles. The van der Waals surface area contributed by atoms with Gasteiger partial charge in [-0.15, -0.1) is 11.3 Å². The number of halogens is 1. The SMILES string of the molecule is COc1ccc(CN2CC3(CCN(C(=O)c4cscn4)C3)C2)cc1F. The molecule has 2 aliphatic rings. The molecule has 0 N–H and O–H groups in total. The van der Waals surface area contributed by atoms with Gasteiger partial charge in [-0.1, -0.05) is 6.07 Å². The van der Waals surface area contributed by atoms with Gasteiger partial charge in [0, 0.05) is 43.5 Å². The molecular formula is C18H20FN3O2S. The zero-order valence-electron chi connectivity index (χ0n) is 14.1. The number of rotatable bonds is 4. The Morgan fingerprint density at radius 3 is 2.92 bits per heavy atom. The lowest BCUT2D eigenvalue weighted by molar-refractivity contribution is 0.00250. The molecular weight excluding hydrogens is 341 g/mol. The number of likely N-dealkylation sites (tertiary alicyclic amines) is 2. The largest absolute Gasteiger partial charge is 0.494 e. The van der Waals surface area contributed by atoms with E-state index in [2.05, 4.69) is 9.88 Å². The number of amides is 1. The van der Waals surface area contributed by atoms with Crippen LogP contribution in [0.15, 0.2) is 29.1 Å². The number of carbonyl (C=O) groups is 1. The Balaban J connectivity index is 1.33. The van der Waals surface area contributed by atoms with Gasteiger partial charge >= 0.3 is 0 Å². The Bertz CT molecular complexity index is 775. The second kappa shape index (κ2) is 6.38. The molecule has 2 aliphatic heterocycles. The monoisotopic (exact) mass is 361 g/mol. The van der Waals surface area contributed by atoms with Crippen molar-refractivity contribution < 1.29 is 13.9 Å². The van der Waals surface area contributed by atoms with Gasteiger partial charge in [-0.2, -0.15) is 0 Å². The Morgan fingerprint density at radius 2 is 2.24 bits per heavy atom.